The maximum atomic E-state index is 12.1. The van der Waals surface area contributed by atoms with Crippen LogP contribution in [-0.2, 0) is 19.1 Å². The predicted molar refractivity (Wildman–Crippen MR) is 69.8 cm³/mol. The van der Waals surface area contributed by atoms with E-state index in [1.807, 2.05) is 0 Å². The molecule has 0 radical (unpaired) electrons. The first kappa shape index (κ1) is 14.6. The van der Waals surface area contributed by atoms with Gasteiger partial charge in [0.15, 0.2) is 0 Å². The van der Waals surface area contributed by atoms with E-state index >= 15 is 0 Å². The number of hydrogen-bond donors (Lipinski definition) is 2. The summed E-state index contributed by atoms with van der Waals surface area (Å²) in [5.74, 6) is -1.98. The van der Waals surface area contributed by atoms with Gasteiger partial charge in [0, 0.05) is 12.5 Å². The molecule has 6 heteroatoms. The van der Waals surface area contributed by atoms with Crippen LogP contribution in [0.25, 0.3) is 0 Å². The Morgan fingerprint density at radius 3 is 2.55 bits per heavy atom. The van der Waals surface area contributed by atoms with Crippen molar-refractivity contribution >= 4 is 17.8 Å². The molecule has 1 aliphatic carbocycles. The van der Waals surface area contributed by atoms with Crippen molar-refractivity contribution in [2.45, 2.75) is 57.1 Å². The topological polar surface area (TPSA) is 92.7 Å². The van der Waals surface area contributed by atoms with Gasteiger partial charge in [-0.3, -0.25) is 4.79 Å². The van der Waals surface area contributed by atoms with Gasteiger partial charge in [-0.25, -0.2) is 9.59 Å². The minimum absolute atomic E-state index is 0.0413. The number of esters is 1. The van der Waals surface area contributed by atoms with Gasteiger partial charge in [-0.2, -0.15) is 0 Å². The molecular formula is C14H19NO5. The Bertz CT molecular complexity index is 439. The number of rotatable bonds is 4. The van der Waals surface area contributed by atoms with Crippen LogP contribution in [0.5, 0.6) is 0 Å². The van der Waals surface area contributed by atoms with Gasteiger partial charge in [-0.15, -0.1) is 0 Å². The van der Waals surface area contributed by atoms with Crippen LogP contribution in [0.4, 0.5) is 0 Å². The second-order valence-corrected chi connectivity index (χ2v) is 5.26. The molecule has 2 N–H and O–H groups in total. The highest BCUT2D eigenvalue weighted by molar-refractivity contribution is 5.97. The minimum atomic E-state index is -1.20. The number of carboxylic acids is 1. The second kappa shape index (κ2) is 6.54. The van der Waals surface area contributed by atoms with E-state index in [0.29, 0.717) is 12.8 Å². The van der Waals surface area contributed by atoms with Crippen molar-refractivity contribution in [1.29, 1.82) is 0 Å². The third-order valence-electron chi connectivity index (χ3n) is 3.70. The second-order valence-electron chi connectivity index (χ2n) is 5.26. The molecule has 1 heterocycles. The lowest BCUT2D eigenvalue weighted by atomic mass is 9.95. The summed E-state index contributed by atoms with van der Waals surface area (Å²) in [4.78, 5) is 34.5. The lowest BCUT2D eigenvalue weighted by Gasteiger charge is -2.27. The van der Waals surface area contributed by atoms with Gasteiger partial charge >= 0.3 is 11.9 Å². The molecule has 0 aromatic heterocycles. The number of amides is 1. The highest BCUT2D eigenvalue weighted by Crippen LogP contribution is 2.24. The van der Waals surface area contributed by atoms with E-state index in [-0.39, 0.29) is 17.6 Å². The van der Waals surface area contributed by atoms with E-state index in [9.17, 15) is 14.4 Å². The predicted octanol–water partition coefficient (Wildman–Crippen LogP) is 1.15. The summed E-state index contributed by atoms with van der Waals surface area (Å²) in [6.07, 6.45) is 5.91. The Labute approximate surface area is 117 Å². The summed E-state index contributed by atoms with van der Waals surface area (Å²) in [6, 6.07) is -0.561. The molecular weight excluding hydrogens is 262 g/mol. The van der Waals surface area contributed by atoms with Gasteiger partial charge in [0.1, 0.15) is 6.10 Å². The molecule has 20 heavy (non-hydrogen) atoms. The molecule has 0 aromatic carbocycles. The van der Waals surface area contributed by atoms with Crippen LogP contribution >= 0.6 is 0 Å². The number of hydrogen-bond acceptors (Lipinski definition) is 4. The smallest absolute Gasteiger partial charge is 0.336 e. The van der Waals surface area contributed by atoms with Crippen molar-refractivity contribution in [3.8, 4) is 0 Å². The fourth-order valence-corrected chi connectivity index (χ4v) is 2.35. The lowest BCUT2D eigenvalue weighted by molar-refractivity contribution is -0.149. The monoisotopic (exact) mass is 281 g/mol. The summed E-state index contributed by atoms with van der Waals surface area (Å²) in [5, 5.41) is 11.6. The van der Waals surface area contributed by atoms with E-state index in [4.69, 9.17) is 9.84 Å². The first-order chi connectivity index (χ1) is 9.56. The Hall–Kier alpha value is -1.85. The third kappa shape index (κ3) is 3.82. The highest BCUT2D eigenvalue weighted by Gasteiger charge is 2.30. The fraction of sp³-hybridized carbons (Fsp3) is 0.643. The summed E-state index contributed by atoms with van der Waals surface area (Å²) >= 11 is 0. The van der Waals surface area contributed by atoms with Gasteiger partial charge in [0.05, 0.1) is 11.6 Å². The average Bonchev–Trinajstić information content (AvgIpc) is 2.55. The van der Waals surface area contributed by atoms with Gasteiger partial charge in [0.25, 0.3) is 0 Å². The van der Waals surface area contributed by atoms with Crippen molar-refractivity contribution < 1.29 is 24.2 Å². The van der Waals surface area contributed by atoms with Crippen LogP contribution in [0.3, 0.4) is 0 Å². The first-order valence-electron chi connectivity index (χ1n) is 7.01. The lowest BCUT2D eigenvalue weighted by Crippen LogP contribution is -2.39. The van der Waals surface area contributed by atoms with Crippen molar-refractivity contribution in [3.05, 3.63) is 11.6 Å². The molecule has 0 spiro atoms. The maximum absolute atomic E-state index is 12.1. The maximum Gasteiger partial charge on any atom is 0.336 e. The number of nitrogens with one attached hydrogen (secondary N) is 1. The molecule has 1 aliphatic heterocycles. The van der Waals surface area contributed by atoms with Crippen molar-refractivity contribution in [3.63, 3.8) is 0 Å². The molecule has 1 saturated heterocycles. The first-order valence-corrected chi connectivity index (χ1v) is 7.01. The minimum Gasteiger partial charge on any atom is -0.478 e. The van der Waals surface area contributed by atoms with E-state index in [2.05, 4.69) is 5.32 Å². The van der Waals surface area contributed by atoms with E-state index in [0.717, 1.165) is 38.2 Å². The third-order valence-corrected chi connectivity index (χ3v) is 3.70. The molecule has 0 aromatic rings. The summed E-state index contributed by atoms with van der Waals surface area (Å²) in [6.45, 7) is 0. The van der Waals surface area contributed by atoms with E-state index in [1.54, 1.807) is 0 Å². The van der Waals surface area contributed by atoms with Crippen molar-refractivity contribution in [2.75, 3.05) is 0 Å². The molecule has 6 nitrogen and oxygen atoms in total. The summed E-state index contributed by atoms with van der Waals surface area (Å²) in [7, 11) is 0. The van der Waals surface area contributed by atoms with Crippen LogP contribution in [0.15, 0.2) is 11.6 Å². The van der Waals surface area contributed by atoms with Gasteiger partial charge in [-0.05, 0) is 32.1 Å². The van der Waals surface area contributed by atoms with Gasteiger partial charge < -0.3 is 15.2 Å². The standard InChI is InChI=1S/C14H19NO5/c16-12-7-2-1-6-11(15-12)10(8-13(17)18)14(19)20-9-4-3-5-9/h8-9,11H,1-7H2,(H,15,16)(H,17,18). The van der Waals surface area contributed by atoms with Gasteiger partial charge in [0.2, 0.25) is 5.91 Å². The largest absolute Gasteiger partial charge is 0.478 e. The Morgan fingerprint density at radius 1 is 1.20 bits per heavy atom. The molecule has 2 rings (SSSR count). The van der Waals surface area contributed by atoms with E-state index < -0.39 is 18.0 Å². The molecule has 110 valence electrons. The van der Waals surface area contributed by atoms with Crippen LogP contribution in [-0.4, -0.2) is 35.1 Å². The van der Waals surface area contributed by atoms with Crippen molar-refractivity contribution in [2.24, 2.45) is 0 Å². The number of carbonyl (C=O) groups excluding carboxylic acids is 2. The molecule has 1 atom stereocenters. The molecule has 1 saturated carbocycles. The number of carboxylic acid groups (broad SMARTS) is 1. The zero-order valence-corrected chi connectivity index (χ0v) is 11.3. The Kier molecular flexibility index (Phi) is 4.76. The van der Waals surface area contributed by atoms with Crippen LogP contribution < -0.4 is 5.32 Å². The fourth-order valence-electron chi connectivity index (χ4n) is 2.35. The van der Waals surface area contributed by atoms with Crippen LogP contribution in [0.1, 0.15) is 44.9 Å². The molecule has 2 aliphatic rings. The highest BCUT2D eigenvalue weighted by atomic mass is 16.5. The van der Waals surface area contributed by atoms with Crippen LogP contribution in [0, 0.1) is 0 Å². The van der Waals surface area contributed by atoms with E-state index in [1.165, 1.54) is 0 Å². The summed E-state index contributed by atoms with van der Waals surface area (Å²) < 4.78 is 5.26. The zero-order chi connectivity index (χ0) is 14.5. The molecule has 1 unspecified atom stereocenters. The zero-order valence-electron chi connectivity index (χ0n) is 11.3. The molecule has 1 amide bonds. The Morgan fingerprint density at radius 2 is 1.95 bits per heavy atom. The molecule has 0 bridgehead atoms. The normalized spacial score (nSPS) is 24.3. The Balaban J connectivity index is 2.10. The quantitative estimate of drug-likeness (QED) is 0.595. The number of aliphatic carboxylic acids is 1. The van der Waals surface area contributed by atoms with Gasteiger partial charge in [-0.1, -0.05) is 6.42 Å². The average molecular weight is 281 g/mol. The molecule has 2 fully saturated rings. The number of ether oxygens (including phenoxy) is 1. The van der Waals surface area contributed by atoms with Crippen LogP contribution in [0.2, 0.25) is 0 Å². The van der Waals surface area contributed by atoms with Crippen molar-refractivity contribution in [1.82, 2.24) is 5.32 Å². The number of carbonyl (C=O) groups is 3. The SMILES string of the molecule is O=C(O)C=C(C(=O)OC1CCC1)C1CCCCC(=O)N1. The summed E-state index contributed by atoms with van der Waals surface area (Å²) in [5.41, 5.74) is 0.0413.